The Bertz CT molecular complexity index is 845. The molecule has 2 fully saturated rings. The summed E-state index contributed by atoms with van der Waals surface area (Å²) < 4.78 is 11.9. The quantitative estimate of drug-likeness (QED) is 0.617. The third kappa shape index (κ3) is 4.49. The Hall–Kier alpha value is -2.16. The number of rotatable bonds is 6. The van der Waals surface area contributed by atoms with Crippen LogP contribution < -0.4 is 20.7 Å². The van der Waals surface area contributed by atoms with E-state index in [4.69, 9.17) is 9.47 Å². The molecule has 0 aliphatic carbocycles. The second-order valence-electron chi connectivity index (χ2n) is 9.78. The molecule has 4 rings (SSSR count). The molecule has 0 aromatic heterocycles. The van der Waals surface area contributed by atoms with Crippen molar-refractivity contribution in [1.29, 1.82) is 0 Å². The first-order chi connectivity index (χ1) is 15.3. The molecule has 1 unspecified atom stereocenters. The standard InChI is InChI=1S/C24H36N4O4/c1-15(25-4)22(29)27-18-10-12-32-21-13-24(2,3)20(28(21)23(18)30)14-26-17-9-11-31-19-8-6-5-7-16(17)19/h5-8,15,17-18,20-21,25-26H,9-14H2,1-4H3,(H,27,29)/t15-,17?,18-,20+,21-/m0/s1. The van der Waals surface area contributed by atoms with E-state index in [1.807, 2.05) is 23.1 Å². The summed E-state index contributed by atoms with van der Waals surface area (Å²) in [6.45, 7) is 7.96. The summed E-state index contributed by atoms with van der Waals surface area (Å²) >= 11 is 0. The molecule has 1 aromatic carbocycles. The van der Waals surface area contributed by atoms with Crippen molar-refractivity contribution in [3.63, 3.8) is 0 Å². The minimum Gasteiger partial charge on any atom is -0.493 e. The van der Waals surface area contributed by atoms with Gasteiger partial charge in [0.15, 0.2) is 0 Å². The van der Waals surface area contributed by atoms with E-state index in [2.05, 4.69) is 35.9 Å². The monoisotopic (exact) mass is 444 g/mol. The number of hydrogen-bond donors (Lipinski definition) is 3. The minimum atomic E-state index is -0.566. The topological polar surface area (TPSA) is 91.9 Å². The predicted molar refractivity (Wildman–Crippen MR) is 121 cm³/mol. The van der Waals surface area contributed by atoms with Crippen LogP contribution in [0.4, 0.5) is 0 Å². The van der Waals surface area contributed by atoms with Crippen LogP contribution in [0.25, 0.3) is 0 Å². The zero-order valence-electron chi connectivity index (χ0n) is 19.5. The number of para-hydroxylation sites is 1. The van der Waals surface area contributed by atoms with Crippen LogP contribution in [0, 0.1) is 5.41 Å². The van der Waals surface area contributed by atoms with Crippen molar-refractivity contribution in [2.75, 3.05) is 26.8 Å². The highest BCUT2D eigenvalue weighted by Crippen LogP contribution is 2.42. The van der Waals surface area contributed by atoms with Gasteiger partial charge >= 0.3 is 0 Å². The number of ether oxygens (including phenoxy) is 2. The van der Waals surface area contributed by atoms with Gasteiger partial charge in [0, 0.05) is 31.0 Å². The van der Waals surface area contributed by atoms with Crippen molar-refractivity contribution < 1.29 is 19.1 Å². The molecule has 2 amide bonds. The first kappa shape index (κ1) is 23.0. The summed E-state index contributed by atoms with van der Waals surface area (Å²) in [6, 6.07) is 7.35. The molecular weight excluding hydrogens is 408 g/mol. The van der Waals surface area contributed by atoms with Gasteiger partial charge in [0.25, 0.3) is 0 Å². The van der Waals surface area contributed by atoms with Crippen LogP contribution in [0.15, 0.2) is 24.3 Å². The smallest absolute Gasteiger partial charge is 0.247 e. The Labute approximate surface area is 190 Å². The number of benzene rings is 1. The molecule has 0 spiro atoms. The summed E-state index contributed by atoms with van der Waals surface area (Å²) in [4.78, 5) is 27.9. The molecule has 176 valence electrons. The maximum Gasteiger partial charge on any atom is 0.247 e. The zero-order chi connectivity index (χ0) is 22.9. The second-order valence-corrected chi connectivity index (χ2v) is 9.78. The van der Waals surface area contributed by atoms with Gasteiger partial charge in [-0.2, -0.15) is 0 Å². The summed E-state index contributed by atoms with van der Waals surface area (Å²) in [5, 5.41) is 9.56. The molecule has 3 N–H and O–H groups in total. The number of fused-ring (bicyclic) bond motifs is 2. The summed E-state index contributed by atoms with van der Waals surface area (Å²) in [5.41, 5.74) is 1.05. The number of amides is 2. The van der Waals surface area contributed by atoms with Crippen LogP contribution in [0.5, 0.6) is 5.75 Å². The lowest BCUT2D eigenvalue weighted by molar-refractivity contribution is -0.144. The molecule has 5 atom stereocenters. The predicted octanol–water partition coefficient (Wildman–Crippen LogP) is 1.57. The van der Waals surface area contributed by atoms with Crippen molar-refractivity contribution in [2.45, 2.75) is 70.4 Å². The molecule has 32 heavy (non-hydrogen) atoms. The SMILES string of the molecule is CN[C@@H](C)C(=O)N[C@H]1CCO[C@H]2CC(C)(C)[C@@H](CNC3CCOc4ccccc43)N2C1=O. The van der Waals surface area contributed by atoms with E-state index in [9.17, 15) is 9.59 Å². The summed E-state index contributed by atoms with van der Waals surface area (Å²) in [5.74, 6) is 0.709. The molecule has 3 aliphatic heterocycles. The lowest BCUT2D eigenvalue weighted by atomic mass is 9.84. The number of carbonyl (C=O) groups is 2. The fraction of sp³-hybridized carbons (Fsp3) is 0.667. The molecule has 3 aliphatic rings. The molecule has 0 saturated carbocycles. The van der Waals surface area contributed by atoms with Crippen molar-refractivity contribution in [2.24, 2.45) is 5.41 Å². The maximum atomic E-state index is 13.6. The molecule has 0 bridgehead atoms. The van der Waals surface area contributed by atoms with Crippen molar-refractivity contribution in [1.82, 2.24) is 20.9 Å². The lowest BCUT2D eigenvalue weighted by Crippen LogP contribution is -2.56. The maximum absolute atomic E-state index is 13.6. The Morgan fingerprint density at radius 2 is 1.97 bits per heavy atom. The van der Waals surface area contributed by atoms with Crippen molar-refractivity contribution >= 4 is 11.8 Å². The highest BCUT2D eigenvalue weighted by Gasteiger charge is 2.51. The normalized spacial score (nSPS) is 30.0. The molecule has 2 saturated heterocycles. The van der Waals surface area contributed by atoms with Gasteiger partial charge in [-0.05, 0) is 31.9 Å². The first-order valence-electron chi connectivity index (χ1n) is 11.7. The van der Waals surface area contributed by atoms with Gasteiger partial charge in [-0.25, -0.2) is 0 Å². The van der Waals surface area contributed by atoms with Gasteiger partial charge in [0.2, 0.25) is 11.8 Å². The van der Waals surface area contributed by atoms with E-state index in [0.29, 0.717) is 26.2 Å². The van der Waals surface area contributed by atoms with Crippen LogP contribution in [0.3, 0.4) is 0 Å². The Kier molecular flexibility index (Phi) is 6.74. The Balaban J connectivity index is 1.50. The molecule has 0 radical (unpaired) electrons. The highest BCUT2D eigenvalue weighted by atomic mass is 16.5. The Morgan fingerprint density at radius 1 is 1.22 bits per heavy atom. The van der Waals surface area contributed by atoms with E-state index in [1.165, 1.54) is 0 Å². The van der Waals surface area contributed by atoms with Gasteiger partial charge in [-0.3, -0.25) is 9.59 Å². The van der Waals surface area contributed by atoms with Crippen LogP contribution in [-0.4, -0.2) is 67.9 Å². The average Bonchev–Trinajstić information content (AvgIpc) is 2.95. The molecule has 1 aromatic rings. The number of likely N-dealkylation sites (N-methyl/N-ethyl adjacent to an activating group) is 1. The van der Waals surface area contributed by atoms with E-state index >= 15 is 0 Å². The third-order valence-corrected chi connectivity index (χ3v) is 7.18. The average molecular weight is 445 g/mol. The third-order valence-electron chi connectivity index (χ3n) is 7.18. The molecular formula is C24H36N4O4. The lowest BCUT2D eigenvalue weighted by Gasteiger charge is -2.36. The number of carbonyl (C=O) groups excluding carboxylic acids is 2. The van der Waals surface area contributed by atoms with Crippen LogP contribution in [0.2, 0.25) is 0 Å². The largest absolute Gasteiger partial charge is 0.493 e. The summed E-state index contributed by atoms with van der Waals surface area (Å²) in [6.07, 6.45) is 1.90. The molecule has 8 nitrogen and oxygen atoms in total. The van der Waals surface area contributed by atoms with E-state index in [0.717, 1.165) is 24.2 Å². The van der Waals surface area contributed by atoms with Gasteiger partial charge in [-0.15, -0.1) is 0 Å². The minimum absolute atomic E-state index is 0.0331. The van der Waals surface area contributed by atoms with E-state index in [-0.39, 0.29) is 41.6 Å². The fourth-order valence-corrected chi connectivity index (χ4v) is 5.07. The highest BCUT2D eigenvalue weighted by molar-refractivity contribution is 5.90. The van der Waals surface area contributed by atoms with Gasteiger partial charge in [0.1, 0.15) is 18.0 Å². The molecule has 3 heterocycles. The van der Waals surface area contributed by atoms with Crippen molar-refractivity contribution in [3.05, 3.63) is 29.8 Å². The second kappa shape index (κ2) is 9.37. The Morgan fingerprint density at radius 3 is 2.75 bits per heavy atom. The van der Waals surface area contributed by atoms with Crippen LogP contribution >= 0.6 is 0 Å². The molecule has 8 heteroatoms. The number of nitrogens with zero attached hydrogens (tertiary/aromatic N) is 1. The summed E-state index contributed by atoms with van der Waals surface area (Å²) in [7, 11) is 1.73. The van der Waals surface area contributed by atoms with Crippen LogP contribution in [0.1, 0.15) is 51.6 Å². The van der Waals surface area contributed by atoms with Gasteiger partial charge < -0.3 is 30.3 Å². The first-order valence-corrected chi connectivity index (χ1v) is 11.7. The van der Waals surface area contributed by atoms with Crippen LogP contribution in [-0.2, 0) is 14.3 Å². The zero-order valence-corrected chi connectivity index (χ0v) is 19.5. The van der Waals surface area contributed by atoms with Gasteiger partial charge in [0.05, 0.1) is 25.3 Å². The van der Waals surface area contributed by atoms with E-state index in [1.54, 1.807) is 14.0 Å². The van der Waals surface area contributed by atoms with Gasteiger partial charge in [-0.1, -0.05) is 32.0 Å². The number of nitrogens with one attached hydrogen (secondary N) is 3. The number of hydrogen-bond acceptors (Lipinski definition) is 6. The fourth-order valence-electron chi connectivity index (χ4n) is 5.07. The van der Waals surface area contributed by atoms with E-state index < -0.39 is 6.04 Å². The van der Waals surface area contributed by atoms with Crippen molar-refractivity contribution in [3.8, 4) is 5.75 Å².